The Labute approximate surface area is 212 Å². The summed E-state index contributed by atoms with van der Waals surface area (Å²) in [6.07, 6.45) is 0. The highest BCUT2D eigenvalue weighted by molar-refractivity contribution is 7.92. The highest BCUT2D eigenvalue weighted by Crippen LogP contribution is 2.34. The van der Waals surface area contributed by atoms with E-state index in [0.717, 1.165) is 11.1 Å². The fourth-order valence-electron chi connectivity index (χ4n) is 4.41. The van der Waals surface area contributed by atoms with E-state index in [1.807, 2.05) is 60.7 Å². The van der Waals surface area contributed by atoms with Crippen molar-refractivity contribution in [3.63, 3.8) is 0 Å². The van der Waals surface area contributed by atoms with Gasteiger partial charge in [0, 0.05) is 25.2 Å². The first-order chi connectivity index (χ1) is 17.2. The summed E-state index contributed by atoms with van der Waals surface area (Å²) in [5.41, 5.74) is 1.73. The largest absolute Gasteiger partial charge is 0.497 e. The van der Waals surface area contributed by atoms with E-state index in [-0.39, 0.29) is 28.7 Å². The summed E-state index contributed by atoms with van der Waals surface area (Å²) in [6.45, 7) is 0.435. The molecule has 8 nitrogen and oxygen atoms in total. The lowest BCUT2D eigenvalue weighted by Gasteiger charge is -2.32. The van der Waals surface area contributed by atoms with Crippen molar-refractivity contribution in [1.82, 2.24) is 9.62 Å². The molecule has 0 aliphatic carbocycles. The molecule has 2 atom stereocenters. The van der Waals surface area contributed by atoms with Crippen LogP contribution in [0.5, 0.6) is 11.5 Å². The van der Waals surface area contributed by atoms with E-state index in [1.54, 1.807) is 6.07 Å². The normalized spacial score (nSPS) is 19.3. The van der Waals surface area contributed by atoms with Crippen LogP contribution in [0, 0.1) is 0 Å². The van der Waals surface area contributed by atoms with Gasteiger partial charge in [-0.2, -0.15) is 4.31 Å². The summed E-state index contributed by atoms with van der Waals surface area (Å²) in [6, 6.07) is 21.8. The van der Waals surface area contributed by atoms with Gasteiger partial charge in [0.05, 0.1) is 31.8 Å². The topological polar surface area (TPSA) is 102 Å². The number of hydrogen-bond donors (Lipinski definition) is 1. The van der Waals surface area contributed by atoms with E-state index in [0.29, 0.717) is 12.3 Å². The molecular weight excluding hydrogens is 500 g/mol. The molecule has 1 aliphatic rings. The molecule has 1 fully saturated rings. The Bertz CT molecular complexity index is 1380. The fraction of sp³-hybridized carbons (Fsp3) is 0.308. The number of sulfone groups is 1. The van der Waals surface area contributed by atoms with Crippen LogP contribution in [0.3, 0.4) is 0 Å². The summed E-state index contributed by atoms with van der Waals surface area (Å²) in [7, 11) is -4.77. The van der Waals surface area contributed by atoms with Gasteiger partial charge in [-0.25, -0.2) is 16.8 Å². The molecule has 0 aromatic heterocycles. The Balaban J connectivity index is 1.75. The van der Waals surface area contributed by atoms with Gasteiger partial charge < -0.3 is 14.8 Å². The van der Waals surface area contributed by atoms with Gasteiger partial charge in [0.1, 0.15) is 16.4 Å². The highest BCUT2D eigenvalue weighted by Gasteiger charge is 2.46. The molecule has 192 valence electrons. The zero-order valence-electron chi connectivity index (χ0n) is 20.2. The number of benzene rings is 3. The molecule has 0 bridgehead atoms. The first-order valence-electron chi connectivity index (χ1n) is 11.5. The van der Waals surface area contributed by atoms with Crippen molar-refractivity contribution in [2.75, 3.05) is 25.7 Å². The van der Waals surface area contributed by atoms with Gasteiger partial charge in [-0.3, -0.25) is 0 Å². The Morgan fingerprint density at radius 2 is 1.53 bits per heavy atom. The van der Waals surface area contributed by atoms with Crippen molar-refractivity contribution in [2.45, 2.75) is 30.1 Å². The van der Waals surface area contributed by atoms with Gasteiger partial charge in [-0.05, 0) is 23.3 Å². The summed E-state index contributed by atoms with van der Waals surface area (Å²) >= 11 is 0. The summed E-state index contributed by atoms with van der Waals surface area (Å²) < 4.78 is 65.7. The predicted molar refractivity (Wildman–Crippen MR) is 138 cm³/mol. The molecule has 0 amide bonds. The standard InChI is InChI=1S/C26H30N2O6S2/c1-33-22-13-14-26(25(15-22)34-2)36(31,32)28(17-21-11-7-4-8-12-21)24-19-35(29,30)18-23(24)27-16-20-9-5-3-6-10-20/h3-15,23-24,27H,16-19H2,1-2H3/t23-,24-/m1/s1. The predicted octanol–water partition coefficient (Wildman–Crippen LogP) is 2.85. The van der Waals surface area contributed by atoms with Gasteiger partial charge in [0.2, 0.25) is 10.0 Å². The second-order valence-corrected chi connectivity index (χ2v) is 12.7. The van der Waals surface area contributed by atoms with Crippen LogP contribution in [0.2, 0.25) is 0 Å². The molecule has 0 saturated carbocycles. The summed E-state index contributed by atoms with van der Waals surface area (Å²) in [4.78, 5) is -0.0483. The van der Waals surface area contributed by atoms with Crippen molar-refractivity contribution >= 4 is 19.9 Å². The zero-order valence-corrected chi connectivity index (χ0v) is 21.8. The van der Waals surface area contributed by atoms with Gasteiger partial charge >= 0.3 is 0 Å². The second-order valence-electron chi connectivity index (χ2n) is 8.67. The summed E-state index contributed by atoms with van der Waals surface area (Å²) in [5, 5.41) is 3.30. The van der Waals surface area contributed by atoms with Crippen LogP contribution in [0.4, 0.5) is 0 Å². The van der Waals surface area contributed by atoms with E-state index in [4.69, 9.17) is 9.47 Å². The number of methoxy groups -OCH3 is 2. The number of ether oxygens (including phenoxy) is 2. The number of sulfonamides is 1. The van der Waals surface area contributed by atoms with Gasteiger partial charge in [-0.1, -0.05) is 60.7 Å². The van der Waals surface area contributed by atoms with E-state index < -0.39 is 31.9 Å². The van der Waals surface area contributed by atoms with Gasteiger partial charge in [-0.15, -0.1) is 0 Å². The van der Waals surface area contributed by atoms with Crippen molar-refractivity contribution in [1.29, 1.82) is 0 Å². The van der Waals surface area contributed by atoms with Crippen LogP contribution in [-0.2, 0) is 33.0 Å². The number of hydrogen-bond acceptors (Lipinski definition) is 7. The lowest BCUT2D eigenvalue weighted by molar-refractivity contribution is 0.285. The van der Waals surface area contributed by atoms with Gasteiger partial charge in [0.25, 0.3) is 0 Å². The smallest absolute Gasteiger partial charge is 0.247 e. The quantitative estimate of drug-likeness (QED) is 0.430. The lowest BCUT2D eigenvalue weighted by atomic mass is 10.1. The molecule has 1 aliphatic heterocycles. The molecule has 0 unspecified atom stereocenters. The van der Waals surface area contributed by atoms with Crippen molar-refractivity contribution < 1.29 is 26.3 Å². The molecular formula is C26H30N2O6S2. The third kappa shape index (κ3) is 5.89. The van der Waals surface area contributed by atoms with E-state index in [2.05, 4.69) is 5.32 Å². The minimum atomic E-state index is -4.17. The average Bonchev–Trinajstić information content (AvgIpc) is 3.20. The van der Waals surface area contributed by atoms with Crippen LogP contribution in [0.1, 0.15) is 11.1 Å². The second kappa shape index (κ2) is 11.0. The third-order valence-corrected chi connectivity index (χ3v) is 9.87. The van der Waals surface area contributed by atoms with Crippen LogP contribution >= 0.6 is 0 Å². The number of rotatable bonds is 10. The highest BCUT2D eigenvalue weighted by atomic mass is 32.2. The zero-order chi connectivity index (χ0) is 25.8. The minimum absolute atomic E-state index is 0.0159. The minimum Gasteiger partial charge on any atom is -0.497 e. The van der Waals surface area contributed by atoms with Crippen molar-refractivity contribution in [2.24, 2.45) is 0 Å². The Morgan fingerprint density at radius 3 is 2.14 bits per heavy atom. The maximum Gasteiger partial charge on any atom is 0.247 e. The molecule has 1 N–H and O–H groups in total. The molecule has 1 saturated heterocycles. The molecule has 3 aromatic rings. The molecule has 1 heterocycles. The fourth-order valence-corrected chi connectivity index (χ4v) is 8.25. The van der Waals surface area contributed by atoms with Gasteiger partial charge in [0.15, 0.2) is 9.84 Å². The third-order valence-electron chi connectivity index (χ3n) is 6.24. The number of nitrogens with zero attached hydrogens (tertiary/aromatic N) is 1. The maximum absolute atomic E-state index is 14.1. The van der Waals surface area contributed by atoms with Crippen molar-refractivity contribution in [3.05, 3.63) is 90.0 Å². The molecule has 0 spiro atoms. The Morgan fingerprint density at radius 1 is 0.889 bits per heavy atom. The maximum atomic E-state index is 14.1. The first-order valence-corrected chi connectivity index (χ1v) is 14.7. The first kappa shape index (κ1) is 26.2. The van der Waals surface area contributed by atoms with Crippen LogP contribution in [0.25, 0.3) is 0 Å². The molecule has 4 rings (SSSR count). The Kier molecular flexibility index (Phi) is 7.99. The average molecular weight is 531 g/mol. The van der Waals surface area contributed by atoms with Crippen LogP contribution in [0.15, 0.2) is 83.8 Å². The van der Waals surface area contributed by atoms with Crippen molar-refractivity contribution in [3.8, 4) is 11.5 Å². The number of nitrogens with one attached hydrogen (secondary N) is 1. The molecule has 36 heavy (non-hydrogen) atoms. The molecule has 0 radical (unpaired) electrons. The van der Waals surface area contributed by atoms with E-state index in [9.17, 15) is 16.8 Å². The Hall–Kier alpha value is -2.92. The molecule has 10 heteroatoms. The lowest BCUT2D eigenvalue weighted by Crippen LogP contribution is -2.51. The summed E-state index contributed by atoms with van der Waals surface area (Å²) in [5.74, 6) is 0.156. The monoisotopic (exact) mass is 530 g/mol. The van der Waals surface area contributed by atoms with Crippen LogP contribution in [-0.4, -0.2) is 58.9 Å². The van der Waals surface area contributed by atoms with E-state index >= 15 is 0 Å². The SMILES string of the molecule is COc1ccc(S(=O)(=O)N(Cc2ccccc2)[C@@H]2CS(=O)(=O)C[C@H]2NCc2ccccc2)c(OC)c1. The van der Waals surface area contributed by atoms with E-state index in [1.165, 1.54) is 30.7 Å². The molecule has 3 aromatic carbocycles. The van der Waals surface area contributed by atoms with Crippen LogP contribution < -0.4 is 14.8 Å².